The van der Waals surface area contributed by atoms with Gasteiger partial charge in [-0.25, -0.2) is 4.98 Å². The third-order valence-electron chi connectivity index (χ3n) is 4.34. The summed E-state index contributed by atoms with van der Waals surface area (Å²) in [5.41, 5.74) is 1.35. The Hall–Kier alpha value is -3.48. The number of aryl methyl sites for hydroxylation is 1. The van der Waals surface area contributed by atoms with Crippen LogP contribution in [0.2, 0.25) is 0 Å². The van der Waals surface area contributed by atoms with E-state index in [1.54, 1.807) is 17.7 Å². The van der Waals surface area contributed by atoms with Crippen molar-refractivity contribution in [1.82, 2.24) is 19.7 Å². The molecule has 0 N–H and O–H groups in total. The summed E-state index contributed by atoms with van der Waals surface area (Å²) in [5, 5.41) is 4.60. The molecule has 7 heteroatoms. The van der Waals surface area contributed by atoms with Crippen molar-refractivity contribution >= 4 is 10.9 Å². The van der Waals surface area contributed by atoms with Crippen molar-refractivity contribution < 1.29 is 9.26 Å². The van der Waals surface area contributed by atoms with Gasteiger partial charge in [-0.1, -0.05) is 30.3 Å². The topological polar surface area (TPSA) is 83.0 Å². The van der Waals surface area contributed by atoms with Gasteiger partial charge in [-0.15, -0.1) is 0 Å². The van der Waals surface area contributed by atoms with E-state index < -0.39 is 0 Å². The number of ether oxygens (including phenoxy) is 1. The van der Waals surface area contributed by atoms with Gasteiger partial charge in [-0.2, -0.15) is 4.98 Å². The van der Waals surface area contributed by atoms with Crippen LogP contribution >= 0.6 is 0 Å². The summed E-state index contributed by atoms with van der Waals surface area (Å²) in [6, 6.07) is 14.7. The van der Waals surface area contributed by atoms with Crippen molar-refractivity contribution in [2.45, 2.75) is 19.9 Å². The SMILES string of the molecule is CCc1nc2ccccc2c(=O)n1Cc1noc(-c2cccc(OC)c2)n1. The second-order valence-electron chi connectivity index (χ2n) is 6.04. The van der Waals surface area contributed by atoms with Gasteiger partial charge >= 0.3 is 0 Å². The van der Waals surface area contributed by atoms with Crippen LogP contribution in [0.25, 0.3) is 22.4 Å². The number of para-hydroxylation sites is 1. The smallest absolute Gasteiger partial charge is 0.261 e. The first kappa shape index (κ1) is 17.0. The predicted octanol–water partition coefficient (Wildman–Crippen LogP) is 3.07. The van der Waals surface area contributed by atoms with E-state index in [1.807, 2.05) is 49.4 Å². The highest BCUT2D eigenvalue weighted by molar-refractivity contribution is 5.77. The summed E-state index contributed by atoms with van der Waals surface area (Å²) in [4.78, 5) is 21.9. The molecule has 0 radical (unpaired) electrons. The highest BCUT2D eigenvalue weighted by Gasteiger charge is 2.14. The highest BCUT2D eigenvalue weighted by Crippen LogP contribution is 2.22. The van der Waals surface area contributed by atoms with Gasteiger partial charge in [0, 0.05) is 12.0 Å². The summed E-state index contributed by atoms with van der Waals surface area (Å²) < 4.78 is 12.2. The molecular weight excluding hydrogens is 344 g/mol. The molecule has 0 fully saturated rings. The second kappa shape index (κ2) is 7.03. The Labute approximate surface area is 155 Å². The molecule has 0 bridgehead atoms. The number of hydrogen-bond acceptors (Lipinski definition) is 6. The fourth-order valence-corrected chi connectivity index (χ4v) is 2.98. The summed E-state index contributed by atoms with van der Waals surface area (Å²) in [5.74, 6) is 2.19. The van der Waals surface area contributed by atoms with E-state index in [0.717, 1.165) is 5.56 Å². The molecule has 2 heterocycles. The Bertz CT molecular complexity index is 1160. The van der Waals surface area contributed by atoms with E-state index in [0.29, 0.717) is 40.6 Å². The van der Waals surface area contributed by atoms with Crippen molar-refractivity contribution in [3.63, 3.8) is 0 Å². The van der Waals surface area contributed by atoms with Crippen LogP contribution in [0.15, 0.2) is 57.8 Å². The molecule has 27 heavy (non-hydrogen) atoms. The summed E-state index contributed by atoms with van der Waals surface area (Å²) in [6.07, 6.45) is 0.626. The molecule has 0 amide bonds. The van der Waals surface area contributed by atoms with Gasteiger partial charge in [-0.3, -0.25) is 9.36 Å². The lowest BCUT2D eigenvalue weighted by molar-refractivity contribution is 0.411. The third kappa shape index (κ3) is 3.19. The first-order valence-corrected chi connectivity index (χ1v) is 8.65. The lowest BCUT2D eigenvalue weighted by Gasteiger charge is -2.10. The van der Waals surface area contributed by atoms with Gasteiger partial charge in [0.15, 0.2) is 5.82 Å². The van der Waals surface area contributed by atoms with Crippen LogP contribution in [0.3, 0.4) is 0 Å². The zero-order valence-electron chi connectivity index (χ0n) is 15.0. The molecule has 7 nitrogen and oxygen atoms in total. The molecule has 2 aromatic carbocycles. The Morgan fingerprint density at radius 3 is 2.78 bits per heavy atom. The van der Waals surface area contributed by atoms with Crippen LogP contribution in [-0.2, 0) is 13.0 Å². The zero-order chi connectivity index (χ0) is 18.8. The normalized spacial score (nSPS) is 11.0. The van der Waals surface area contributed by atoms with Gasteiger partial charge in [0.05, 0.1) is 24.6 Å². The molecule has 2 aromatic heterocycles. The fourth-order valence-electron chi connectivity index (χ4n) is 2.98. The number of rotatable bonds is 5. The van der Waals surface area contributed by atoms with Crippen LogP contribution in [0.1, 0.15) is 18.6 Å². The minimum Gasteiger partial charge on any atom is -0.497 e. The van der Waals surface area contributed by atoms with Gasteiger partial charge < -0.3 is 9.26 Å². The molecule has 4 aromatic rings. The Morgan fingerprint density at radius 1 is 1.11 bits per heavy atom. The van der Waals surface area contributed by atoms with Crippen LogP contribution in [0.4, 0.5) is 0 Å². The van der Waals surface area contributed by atoms with Gasteiger partial charge in [0.25, 0.3) is 11.4 Å². The van der Waals surface area contributed by atoms with Crippen LogP contribution in [-0.4, -0.2) is 26.8 Å². The van der Waals surface area contributed by atoms with Crippen molar-refractivity contribution in [3.05, 3.63) is 70.5 Å². The second-order valence-corrected chi connectivity index (χ2v) is 6.04. The number of benzene rings is 2. The van der Waals surface area contributed by atoms with E-state index in [4.69, 9.17) is 9.26 Å². The largest absolute Gasteiger partial charge is 0.497 e. The number of hydrogen-bond donors (Lipinski definition) is 0. The van der Waals surface area contributed by atoms with Crippen LogP contribution < -0.4 is 10.3 Å². The van der Waals surface area contributed by atoms with Gasteiger partial charge in [0.1, 0.15) is 11.6 Å². The summed E-state index contributed by atoms with van der Waals surface area (Å²) in [7, 11) is 1.60. The van der Waals surface area contributed by atoms with E-state index >= 15 is 0 Å². The van der Waals surface area contributed by atoms with Crippen molar-refractivity contribution in [1.29, 1.82) is 0 Å². The van der Waals surface area contributed by atoms with Crippen LogP contribution in [0.5, 0.6) is 5.75 Å². The first-order chi connectivity index (χ1) is 13.2. The summed E-state index contributed by atoms with van der Waals surface area (Å²) in [6.45, 7) is 2.16. The standard InChI is InChI=1S/C20H18N4O3/c1-3-18-21-16-10-5-4-9-15(16)20(25)24(18)12-17-22-19(27-23-17)13-7-6-8-14(11-13)26-2/h4-11H,3,12H2,1-2H3. The zero-order valence-corrected chi connectivity index (χ0v) is 15.0. The Morgan fingerprint density at radius 2 is 1.96 bits per heavy atom. The molecule has 0 atom stereocenters. The molecular formula is C20H18N4O3. The third-order valence-corrected chi connectivity index (χ3v) is 4.34. The monoisotopic (exact) mass is 362 g/mol. The van der Waals surface area contributed by atoms with E-state index in [-0.39, 0.29) is 12.1 Å². The molecule has 136 valence electrons. The minimum atomic E-state index is -0.106. The van der Waals surface area contributed by atoms with E-state index in [2.05, 4.69) is 15.1 Å². The predicted molar refractivity (Wildman–Crippen MR) is 101 cm³/mol. The summed E-state index contributed by atoms with van der Waals surface area (Å²) >= 11 is 0. The molecule has 0 spiro atoms. The van der Waals surface area contributed by atoms with Gasteiger partial charge in [0.2, 0.25) is 0 Å². The molecule has 0 saturated carbocycles. The van der Waals surface area contributed by atoms with E-state index in [1.165, 1.54) is 0 Å². The lowest BCUT2D eigenvalue weighted by Crippen LogP contribution is -2.26. The number of fused-ring (bicyclic) bond motifs is 1. The van der Waals surface area contributed by atoms with E-state index in [9.17, 15) is 4.79 Å². The molecule has 0 aliphatic rings. The molecule has 0 aliphatic heterocycles. The minimum absolute atomic E-state index is 0.106. The number of methoxy groups -OCH3 is 1. The first-order valence-electron chi connectivity index (χ1n) is 8.65. The average molecular weight is 362 g/mol. The molecule has 0 unspecified atom stereocenters. The fraction of sp³-hybridized carbons (Fsp3) is 0.200. The maximum atomic E-state index is 12.9. The Balaban J connectivity index is 1.72. The highest BCUT2D eigenvalue weighted by atomic mass is 16.5. The van der Waals surface area contributed by atoms with Gasteiger partial charge in [-0.05, 0) is 30.3 Å². The van der Waals surface area contributed by atoms with Crippen molar-refractivity contribution in [2.75, 3.05) is 7.11 Å². The Kier molecular flexibility index (Phi) is 4.42. The lowest BCUT2D eigenvalue weighted by atomic mass is 10.2. The molecule has 4 rings (SSSR count). The van der Waals surface area contributed by atoms with Crippen LogP contribution in [0, 0.1) is 0 Å². The quantitative estimate of drug-likeness (QED) is 0.543. The number of nitrogens with zero attached hydrogens (tertiary/aromatic N) is 4. The maximum Gasteiger partial charge on any atom is 0.261 e. The van der Waals surface area contributed by atoms with Crippen molar-refractivity contribution in [3.8, 4) is 17.2 Å². The van der Waals surface area contributed by atoms with Crippen molar-refractivity contribution in [2.24, 2.45) is 0 Å². The number of aromatic nitrogens is 4. The molecule has 0 aliphatic carbocycles. The molecule has 0 saturated heterocycles. The maximum absolute atomic E-state index is 12.9. The average Bonchev–Trinajstić information content (AvgIpc) is 3.19.